The normalized spacial score (nSPS) is 18.2. The summed E-state index contributed by atoms with van der Waals surface area (Å²) in [6.07, 6.45) is 4.96. The van der Waals surface area contributed by atoms with Crippen molar-refractivity contribution >= 4 is 31.9 Å². The van der Waals surface area contributed by atoms with E-state index in [0.717, 1.165) is 29.3 Å². The summed E-state index contributed by atoms with van der Waals surface area (Å²) in [6, 6.07) is 6.52. The Hall–Kier alpha value is -0.0200. The number of ether oxygens (including phenoxy) is 1. The molecule has 0 aromatic heterocycles. The predicted molar refractivity (Wildman–Crippen MR) is 88.8 cm³/mol. The van der Waals surface area contributed by atoms with E-state index in [1.165, 1.54) is 24.0 Å². The molecule has 1 aromatic rings. The highest BCUT2D eigenvalue weighted by Gasteiger charge is 2.34. The highest BCUT2D eigenvalue weighted by molar-refractivity contribution is 9.09. The van der Waals surface area contributed by atoms with E-state index in [-0.39, 0.29) is 0 Å². The molecule has 1 aliphatic heterocycles. The van der Waals surface area contributed by atoms with Crippen molar-refractivity contribution in [2.24, 2.45) is 5.41 Å². The molecule has 0 saturated heterocycles. The topological polar surface area (TPSA) is 9.23 Å². The average Bonchev–Trinajstić information content (AvgIpc) is 2.79. The summed E-state index contributed by atoms with van der Waals surface area (Å²) >= 11 is 7.41. The van der Waals surface area contributed by atoms with E-state index in [4.69, 9.17) is 4.74 Å². The van der Waals surface area contributed by atoms with Crippen molar-refractivity contribution in [2.45, 2.75) is 45.6 Å². The monoisotopic (exact) mass is 388 g/mol. The number of benzene rings is 1. The number of alkyl halides is 2. The van der Waals surface area contributed by atoms with E-state index >= 15 is 0 Å². The van der Waals surface area contributed by atoms with Crippen molar-refractivity contribution < 1.29 is 4.74 Å². The summed E-state index contributed by atoms with van der Waals surface area (Å²) in [4.78, 5) is 0. The maximum absolute atomic E-state index is 6.13. The van der Waals surface area contributed by atoms with Crippen LogP contribution < -0.4 is 4.74 Å². The Morgan fingerprint density at radius 1 is 1.32 bits per heavy atom. The Morgan fingerprint density at radius 3 is 2.68 bits per heavy atom. The first-order valence-electron chi connectivity index (χ1n) is 7.00. The maximum atomic E-state index is 6.13. The van der Waals surface area contributed by atoms with Gasteiger partial charge < -0.3 is 4.74 Å². The lowest BCUT2D eigenvalue weighted by molar-refractivity contribution is 0.156. The number of hydrogen-bond donors (Lipinski definition) is 0. The maximum Gasteiger partial charge on any atom is 0.123 e. The smallest absolute Gasteiger partial charge is 0.123 e. The van der Waals surface area contributed by atoms with Gasteiger partial charge in [-0.05, 0) is 36.8 Å². The van der Waals surface area contributed by atoms with Gasteiger partial charge in [0.05, 0.1) is 0 Å². The summed E-state index contributed by atoms with van der Waals surface area (Å²) in [5.74, 6) is 1.09. The van der Waals surface area contributed by atoms with Crippen molar-refractivity contribution in [1.29, 1.82) is 0 Å². The molecule has 1 unspecified atom stereocenters. The molecule has 0 amide bonds. The van der Waals surface area contributed by atoms with E-state index in [1.54, 1.807) is 0 Å². The molecule has 1 nitrogen and oxygen atoms in total. The third-order valence-electron chi connectivity index (χ3n) is 3.97. The largest absolute Gasteiger partial charge is 0.490 e. The molecule has 2 rings (SSSR count). The van der Waals surface area contributed by atoms with E-state index < -0.39 is 0 Å². The molecule has 0 N–H and O–H groups in total. The minimum absolute atomic E-state index is 0.316. The van der Waals surface area contributed by atoms with Crippen molar-refractivity contribution in [1.82, 2.24) is 0 Å². The first-order valence-corrected chi connectivity index (χ1v) is 9.25. The van der Waals surface area contributed by atoms with Crippen LogP contribution >= 0.6 is 31.9 Å². The van der Waals surface area contributed by atoms with Crippen LogP contribution in [0.5, 0.6) is 5.75 Å². The minimum atomic E-state index is 0.316. The van der Waals surface area contributed by atoms with Gasteiger partial charge in [-0.15, -0.1) is 0 Å². The second kappa shape index (κ2) is 6.62. The first-order chi connectivity index (χ1) is 9.12. The Labute approximate surface area is 133 Å². The van der Waals surface area contributed by atoms with E-state index in [2.05, 4.69) is 63.9 Å². The Kier molecular flexibility index (Phi) is 5.36. The van der Waals surface area contributed by atoms with Crippen LogP contribution in [-0.2, 0) is 6.42 Å². The van der Waals surface area contributed by atoms with Crippen LogP contribution in [0.2, 0.25) is 0 Å². The molecule has 1 heterocycles. The molecular formula is C16H22Br2O. The Bertz CT molecular complexity index is 427. The van der Waals surface area contributed by atoms with Crippen molar-refractivity contribution in [2.75, 3.05) is 10.7 Å². The molecule has 0 bridgehead atoms. The van der Waals surface area contributed by atoms with Gasteiger partial charge in [-0.25, -0.2) is 0 Å². The van der Waals surface area contributed by atoms with Gasteiger partial charge in [-0.3, -0.25) is 0 Å². The zero-order valence-electron chi connectivity index (χ0n) is 11.7. The molecule has 0 saturated carbocycles. The minimum Gasteiger partial charge on any atom is -0.490 e. The van der Waals surface area contributed by atoms with Gasteiger partial charge in [-0.2, -0.15) is 0 Å². The van der Waals surface area contributed by atoms with Crippen LogP contribution in [0.4, 0.5) is 0 Å². The molecule has 3 heteroatoms. The number of rotatable bonds is 6. The summed E-state index contributed by atoms with van der Waals surface area (Å²) in [5.41, 5.74) is 3.01. The third-order valence-corrected chi connectivity index (χ3v) is 6.34. The SMILES string of the molecule is CCCC(CBr)(CBr)CC1Cc2cc(C)ccc2O1. The molecule has 19 heavy (non-hydrogen) atoms. The molecule has 106 valence electrons. The molecule has 0 aliphatic carbocycles. The van der Waals surface area contributed by atoms with Gasteiger partial charge in [-0.1, -0.05) is 62.9 Å². The average molecular weight is 390 g/mol. The quantitative estimate of drug-likeness (QED) is 0.602. The van der Waals surface area contributed by atoms with Crippen molar-refractivity contribution in [3.05, 3.63) is 29.3 Å². The highest BCUT2D eigenvalue weighted by Crippen LogP contribution is 2.39. The molecular weight excluding hydrogens is 368 g/mol. The fraction of sp³-hybridized carbons (Fsp3) is 0.625. The zero-order valence-corrected chi connectivity index (χ0v) is 14.9. The van der Waals surface area contributed by atoms with Gasteiger partial charge in [0, 0.05) is 17.1 Å². The van der Waals surface area contributed by atoms with Gasteiger partial charge in [0.15, 0.2) is 0 Å². The Morgan fingerprint density at radius 2 is 2.05 bits per heavy atom. The van der Waals surface area contributed by atoms with Gasteiger partial charge in [0.2, 0.25) is 0 Å². The second-order valence-corrected chi connectivity index (χ2v) is 6.90. The van der Waals surface area contributed by atoms with Crippen LogP contribution in [0.25, 0.3) is 0 Å². The van der Waals surface area contributed by atoms with Gasteiger partial charge in [0.1, 0.15) is 11.9 Å². The Balaban J connectivity index is 2.06. The van der Waals surface area contributed by atoms with Gasteiger partial charge >= 0.3 is 0 Å². The number of halogens is 2. The highest BCUT2D eigenvalue weighted by atomic mass is 79.9. The fourth-order valence-electron chi connectivity index (χ4n) is 2.96. The summed E-state index contributed by atoms with van der Waals surface area (Å²) in [6.45, 7) is 4.40. The molecule has 1 aromatic carbocycles. The van der Waals surface area contributed by atoms with E-state index in [0.29, 0.717) is 11.5 Å². The van der Waals surface area contributed by atoms with Crippen molar-refractivity contribution in [3.63, 3.8) is 0 Å². The lowest BCUT2D eigenvalue weighted by Crippen LogP contribution is -2.32. The molecule has 1 atom stereocenters. The van der Waals surface area contributed by atoms with E-state index in [9.17, 15) is 0 Å². The summed E-state index contributed by atoms with van der Waals surface area (Å²) in [7, 11) is 0. The number of fused-ring (bicyclic) bond motifs is 1. The van der Waals surface area contributed by atoms with Crippen LogP contribution in [0.3, 0.4) is 0 Å². The summed E-state index contributed by atoms with van der Waals surface area (Å²) in [5, 5.41) is 2.07. The lowest BCUT2D eigenvalue weighted by atomic mass is 9.81. The molecule has 1 aliphatic rings. The van der Waals surface area contributed by atoms with Gasteiger partial charge in [0.25, 0.3) is 0 Å². The number of aryl methyl sites for hydroxylation is 1. The first kappa shape index (κ1) is 15.4. The number of hydrogen-bond acceptors (Lipinski definition) is 1. The molecule has 0 radical (unpaired) electrons. The predicted octanol–water partition coefficient (Wildman–Crippen LogP) is 5.26. The van der Waals surface area contributed by atoms with Crippen molar-refractivity contribution in [3.8, 4) is 5.75 Å². The molecule has 0 spiro atoms. The fourth-order valence-corrected chi connectivity index (χ4v) is 4.90. The summed E-state index contributed by atoms with van der Waals surface area (Å²) < 4.78 is 6.13. The molecule has 0 fully saturated rings. The van der Waals surface area contributed by atoms with Crippen LogP contribution in [-0.4, -0.2) is 16.8 Å². The third kappa shape index (κ3) is 3.55. The second-order valence-electron chi connectivity index (χ2n) is 5.78. The lowest BCUT2D eigenvalue weighted by Gasteiger charge is -2.32. The van der Waals surface area contributed by atoms with Crippen LogP contribution in [0.15, 0.2) is 18.2 Å². The van der Waals surface area contributed by atoms with Crippen LogP contribution in [0, 0.1) is 12.3 Å². The van der Waals surface area contributed by atoms with E-state index in [1.807, 2.05) is 0 Å². The zero-order chi connectivity index (χ0) is 13.9. The van der Waals surface area contributed by atoms with Crippen LogP contribution in [0.1, 0.15) is 37.3 Å². The standard InChI is InChI=1S/C16H22Br2O/c1-3-6-16(10-17,11-18)9-14-8-13-7-12(2)4-5-15(13)19-14/h4-5,7,14H,3,6,8-11H2,1-2H3.